The minimum Gasteiger partial charge on any atom is -0.356 e. The predicted molar refractivity (Wildman–Crippen MR) is 78.5 cm³/mol. The third-order valence-corrected chi connectivity index (χ3v) is 3.71. The number of halogens is 1. The Kier molecular flexibility index (Phi) is 5.67. The second-order valence-corrected chi connectivity index (χ2v) is 5.47. The number of hydrogen-bond acceptors (Lipinski definition) is 2. The average molecular weight is 281 g/mol. The van der Waals surface area contributed by atoms with Gasteiger partial charge >= 0.3 is 0 Å². The van der Waals surface area contributed by atoms with Crippen LogP contribution in [0.1, 0.15) is 24.8 Å². The summed E-state index contributed by atoms with van der Waals surface area (Å²) in [5, 5.41) is 3.71. The van der Waals surface area contributed by atoms with E-state index in [9.17, 15) is 4.79 Å². The Morgan fingerprint density at radius 3 is 2.84 bits per heavy atom. The first-order valence-corrected chi connectivity index (χ1v) is 7.35. The van der Waals surface area contributed by atoms with Gasteiger partial charge in [-0.2, -0.15) is 0 Å². The minimum atomic E-state index is 0.147. The van der Waals surface area contributed by atoms with E-state index >= 15 is 0 Å². The molecule has 1 fully saturated rings. The molecular weight excluding hydrogens is 260 g/mol. The van der Waals surface area contributed by atoms with Crippen molar-refractivity contribution in [3.05, 3.63) is 34.9 Å². The van der Waals surface area contributed by atoms with Gasteiger partial charge in [-0.1, -0.05) is 23.7 Å². The van der Waals surface area contributed by atoms with Crippen molar-refractivity contribution in [2.24, 2.45) is 0 Å². The molecule has 1 aliphatic rings. The second kappa shape index (κ2) is 7.51. The monoisotopic (exact) mass is 280 g/mol. The summed E-state index contributed by atoms with van der Waals surface area (Å²) in [7, 11) is 0. The summed E-state index contributed by atoms with van der Waals surface area (Å²) in [5.41, 5.74) is 1.16. The van der Waals surface area contributed by atoms with Crippen molar-refractivity contribution >= 4 is 17.5 Å². The maximum absolute atomic E-state index is 11.7. The molecule has 1 N–H and O–H groups in total. The largest absolute Gasteiger partial charge is 0.356 e. The molecule has 4 heteroatoms. The number of carbonyl (C=O) groups excluding carboxylic acids is 1. The van der Waals surface area contributed by atoms with Crippen molar-refractivity contribution in [2.45, 2.75) is 25.7 Å². The molecule has 0 aliphatic carbocycles. The van der Waals surface area contributed by atoms with Gasteiger partial charge in [-0.05, 0) is 50.0 Å². The van der Waals surface area contributed by atoms with Crippen LogP contribution in [-0.4, -0.2) is 37.0 Å². The lowest BCUT2D eigenvalue weighted by atomic mass is 10.1. The molecule has 0 saturated carbocycles. The zero-order valence-corrected chi connectivity index (χ0v) is 12.0. The van der Waals surface area contributed by atoms with E-state index in [0.29, 0.717) is 13.0 Å². The fraction of sp³-hybridized carbons (Fsp3) is 0.533. The van der Waals surface area contributed by atoms with Crippen LogP contribution in [0, 0.1) is 0 Å². The molecule has 1 saturated heterocycles. The van der Waals surface area contributed by atoms with Crippen LogP contribution in [0.5, 0.6) is 0 Å². The van der Waals surface area contributed by atoms with Crippen molar-refractivity contribution in [1.29, 1.82) is 0 Å². The molecule has 2 rings (SSSR count). The maximum Gasteiger partial charge on any atom is 0.221 e. The molecule has 104 valence electrons. The Hall–Kier alpha value is -1.06. The maximum atomic E-state index is 11.7. The van der Waals surface area contributed by atoms with Gasteiger partial charge in [-0.3, -0.25) is 4.79 Å². The SMILES string of the molecule is O=C(CCN1CCCC1)NCCc1cccc(Cl)c1. The number of nitrogens with one attached hydrogen (secondary N) is 1. The molecule has 0 spiro atoms. The fourth-order valence-corrected chi connectivity index (χ4v) is 2.61. The van der Waals surface area contributed by atoms with Gasteiger partial charge in [0.25, 0.3) is 0 Å². The lowest BCUT2D eigenvalue weighted by Crippen LogP contribution is -2.30. The number of benzene rings is 1. The van der Waals surface area contributed by atoms with Crippen LogP contribution >= 0.6 is 11.6 Å². The first-order valence-electron chi connectivity index (χ1n) is 6.97. The average Bonchev–Trinajstić information content (AvgIpc) is 2.89. The molecule has 1 aromatic rings. The summed E-state index contributed by atoms with van der Waals surface area (Å²) < 4.78 is 0. The zero-order valence-electron chi connectivity index (χ0n) is 11.2. The number of carbonyl (C=O) groups is 1. The number of rotatable bonds is 6. The molecule has 3 nitrogen and oxygen atoms in total. The molecule has 0 aromatic heterocycles. The minimum absolute atomic E-state index is 0.147. The molecule has 0 atom stereocenters. The Morgan fingerprint density at radius 2 is 2.11 bits per heavy atom. The van der Waals surface area contributed by atoms with Crippen molar-refractivity contribution in [1.82, 2.24) is 10.2 Å². The number of hydrogen-bond donors (Lipinski definition) is 1. The Morgan fingerprint density at radius 1 is 1.32 bits per heavy atom. The Balaban J connectivity index is 1.60. The lowest BCUT2D eigenvalue weighted by molar-refractivity contribution is -0.121. The molecule has 0 radical (unpaired) electrons. The molecule has 1 amide bonds. The Bertz CT molecular complexity index is 416. The topological polar surface area (TPSA) is 32.3 Å². The highest BCUT2D eigenvalue weighted by molar-refractivity contribution is 6.30. The normalized spacial score (nSPS) is 15.6. The highest BCUT2D eigenvalue weighted by Crippen LogP contribution is 2.10. The first-order chi connectivity index (χ1) is 9.24. The van der Waals surface area contributed by atoms with Gasteiger partial charge in [0.15, 0.2) is 0 Å². The van der Waals surface area contributed by atoms with Crippen molar-refractivity contribution in [3.8, 4) is 0 Å². The summed E-state index contributed by atoms with van der Waals surface area (Å²) in [6, 6.07) is 7.77. The summed E-state index contributed by atoms with van der Waals surface area (Å²) in [5.74, 6) is 0.147. The van der Waals surface area contributed by atoms with Crippen molar-refractivity contribution in [2.75, 3.05) is 26.2 Å². The van der Waals surface area contributed by atoms with Gasteiger partial charge in [-0.15, -0.1) is 0 Å². The van der Waals surface area contributed by atoms with E-state index in [1.165, 1.54) is 12.8 Å². The highest BCUT2D eigenvalue weighted by atomic mass is 35.5. The van der Waals surface area contributed by atoms with Gasteiger partial charge in [0.1, 0.15) is 0 Å². The highest BCUT2D eigenvalue weighted by Gasteiger charge is 2.12. The molecular formula is C15H21ClN2O. The number of likely N-dealkylation sites (tertiary alicyclic amines) is 1. The Labute approximate surface area is 119 Å². The quantitative estimate of drug-likeness (QED) is 0.868. The van der Waals surface area contributed by atoms with E-state index < -0.39 is 0 Å². The fourth-order valence-electron chi connectivity index (χ4n) is 2.39. The predicted octanol–water partition coefficient (Wildman–Crippen LogP) is 2.48. The van der Waals surface area contributed by atoms with E-state index in [0.717, 1.165) is 36.6 Å². The van der Waals surface area contributed by atoms with Gasteiger partial charge in [0.2, 0.25) is 5.91 Å². The van der Waals surface area contributed by atoms with Crippen LogP contribution in [0.4, 0.5) is 0 Å². The van der Waals surface area contributed by atoms with E-state index in [4.69, 9.17) is 11.6 Å². The van der Waals surface area contributed by atoms with E-state index in [-0.39, 0.29) is 5.91 Å². The van der Waals surface area contributed by atoms with Crippen LogP contribution in [0.15, 0.2) is 24.3 Å². The molecule has 1 aromatic carbocycles. The van der Waals surface area contributed by atoms with Crippen LogP contribution in [0.2, 0.25) is 5.02 Å². The van der Waals surface area contributed by atoms with Crippen molar-refractivity contribution < 1.29 is 4.79 Å². The third-order valence-electron chi connectivity index (χ3n) is 3.48. The standard InChI is InChI=1S/C15H21ClN2O/c16-14-5-3-4-13(12-14)6-8-17-15(19)7-11-18-9-1-2-10-18/h3-5,12H,1-2,6-11H2,(H,17,19). The smallest absolute Gasteiger partial charge is 0.221 e. The van der Waals surface area contributed by atoms with Gasteiger partial charge in [0, 0.05) is 24.5 Å². The summed E-state index contributed by atoms with van der Waals surface area (Å²) in [6.07, 6.45) is 3.98. The van der Waals surface area contributed by atoms with Gasteiger partial charge < -0.3 is 10.2 Å². The van der Waals surface area contributed by atoms with E-state index in [2.05, 4.69) is 10.2 Å². The first kappa shape index (κ1) is 14.4. The van der Waals surface area contributed by atoms with E-state index in [1.54, 1.807) is 0 Å². The zero-order chi connectivity index (χ0) is 13.5. The van der Waals surface area contributed by atoms with Crippen molar-refractivity contribution in [3.63, 3.8) is 0 Å². The molecule has 1 heterocycles. The van der Waals surface area contributed by atoms with Crippen LogP contribution in [0.25, 0.3) is 0 Å². The summed E-state index contributed by atoms with van der Waals surface area (Å²) in [6.45, 7) is 3.87. The number of nitrogens with zero attached hydrogens (tertiary/aromatic N) is 1. The summed E-state index contributed by atoms with van der Waals surface area (Å²) >= 11 is 5.92. The molecule has 0 bridgehead atoms. The molecule has 19 heavy (non-hydrogen) atoms. The van der Waals surface area contributed by atoms with Gasteiger partial charge in [-0.25, -0.2) is 0 Å². The van der Waals surface area contributed by atoms with E-state index in [1.807, 2.05) is 24.3 Å². The van der Waals surface area contributed by atoms with Gasteiger partial charge in [0.05, 0.1) is 0 Å². The lowest BCUT2D eigenvalue weighted by Gasteiger charge is -2.13. The van der Waals surface area contributed by atoms with Crippen LogP contribution in [-0.2, 0) is 11.2 Å². The van der Waals surface area contributed by atoms with Crippen LogP contribution < -0.4 is 5.32 Å². The third kappa shape index (κ3) is 5.21. The summed E-state index contributed by atoms with van der Waals surface area (Å²) in [4.78, 5) is 14.1. The second-order valence-electron chi connectivity index (χ2n) is 5.03. The molecule has 0 unspecified atom stereocenters. The molecule has 1 aliphatic heterocycles. The number of amides is 1. The van der Waals surface area contributed by atoms with Crippen LogP contribution in [0.3, 0.4) is 0 Å².